The fourth-order valence-corrected chi connectivity index (χ4v) is 1.69. The molecule has 2 aromatic heterocycles. The second-order valence-electron chi connectivity index (χ2n) is 3.74. The molecule has 0 unspecified atom stereocenters. The number of rotatable bonds is 1. The van der Waals surface area contributed by atoms with Crippen LogP contribution in [-0.4, -0.2) is 30.1 Å². The van der Waals surface area contributed by atoms with Gasteiger partial charge in [0.05, 0.1) is 5.56 Å². The van der Waals surface area contributed by atoms with E-state index in [2.05, 4.69) is 19.9 Å². The number of aromatic hydroxyl groups is 2. The van der Waals surface area contributed by atoms with Gasteiger partial charge in [-0.2, -0.15) is 0 Å². The van der Waals surface area contributed by atoms with Crippen molar-refractivity contribution in [2.24, 2.45) is 0 Å². The van der Waals surface area contributed by atoms with E-state index in [1.54, 1.807) is 0 Å². The highest BCUT2D eigenvalue weighted by Gasteiger charge is 2.12. The molecule has 2 heterocycles. The number of hydrogen-bond donors (Lipinski definition) is 4. The Kier molecular flexibility index (Phi) is 2.06. The lowest BCUT2D eigenvalue weighted by atomic mass is 10.2. The standard InChI is InChI=1S/C11H9N5O2/c12-9-8-11(14-4-13-9)16-10(15-8)6-3-5(17)1-2-7(6)18/h1-4,17-18H,(H3,12,13,14,15,16). The van der Waals surface area contributed by atoms with E-state index < -0.39 is 0 Å². The van der Waals surface area contributed by atoms with Gasteiger partial charge in [0.2, 0.25) is 0 Å². The van der Waals surface area contributed by atoms with Crippen LogP contribution >= 0.6 is 0 Å². The molecule has 0 spiro atoms. The lowest BCUT2D eigenvalue weighted by molar-refractivity contribution is 0.461. The molecule has 1 aromatic carbocycles. The molecule has 0 saturated heterocycles. The van der Waals surface area contributed by atoms with Gasteiger partial charge >= 0.3 is 0 Å². The second kappa shape index (κ2) is 3.59. The van der Waals surface area contributed by atoms with Crippen LogP contribution in [0.5, 0.6) is 11.5 Å². The summed E-state index contributed by atoms with van der Waals surface area (Å²) in [5.74, 6) is 0.671. The van der Waals surface area contributed by atoms with Crippen LogP contribution in [0.15, 0.2) is 24.5 Å². The Morgan fingerprint density at radius 3 is 2.78 bits per heavy atom. The highest BCUT2D eigenvalue weighted by molar-refractivity contribution is 5.85. The fraction of sp³-hybridized carbons (Fsp3) is 0. The van der Waals surface area contributed by atoms with Crippen molar-refractivity contribution >= 4 is 17.0 Å². The average Bonchev–Trinajstić information content (AvgIpc) is 2.77. The van der Waals surface area contributed by atoms with Gasteiger partial charge in [-0.15, -0.1) is 0 Å². The summed E-state index contributed by atoms with van der Waals surface area (Å²) >= 11 is 0. The number of nitrogen functional groups attached to an aromatic ring is 1. The number of H-pyrrole nitrogens is 1. The number of nitrogens with zero attached hydrogens (tertiary/aromatic N) is 3. The summed E-state index contributed by atoms with van der Waals surface area (Å²) in [5, 5.41) is 19.2. The summed E-state index contributed by atoms with van der Waals surface area (Å²) < 4.78 is 0. The van der Waals surface area contributed by atoms with Crippen molar-refractivity contribution in [2.75, 3.05) is 5.73 Å². The summed E-state index contributed by atoms with van der Waals surface area (Å²) in [6, 6.07) is 4.17. The number of imidazole rings is 1. The van der Waals surface area contributed by atoms with E-state index in [1.165, 1.54) is 24.5 Å². The van der Waals surface area contributed by atoms with Gasteiger partial charge < -0.3 is 20.9 Å². The van der Waals surface area contributed by atoms with Gasteiger partial charge in [-0.1, -0.05) is 0 Å². The number of aromatic nitrogens is 4. The Balaban J connectivity index is 2.26. The van der Waals surface area contributed by atoms with Crippen molar-refractivity contribution < 1.29 is 10.2 Å². The van der Waals surface area contributed by atoms with Crippen LogP contribution in [0.4, 0.5) is 5.82 Å². The van der Waals surface area contributed by atoms with Gasteiger partial charge in [0.25, 0.3) is 0 Å². The summed E-state index contributed by atoms with van der Waals surface area (Å²) in [7, 11) is 0. The van der Waals surface area contributed by atoms with Crippen molar-refractivity contribution in [3.63, 3.8) is 0 Å². The highest BCUT2D eigenvalue weighted by atomic mass is 16.3. The Labute approximate surface area is 101 Å². The van der Waals surface area contributed by atoms with Crippen LogP contribution in [0.1, 0.15) is 0 Å². The molecule has 0 atom stereocenters. The Hall–Kier alpha value is -2.83. The molecule has 7 heteroatoms. The molecule has 3 rings (SSSR count). The van der Waals surface area contributed by atoms with E-state index >= 15 is 0 Å². The summed E-state index contributed by atoms with van der Waals surface area (Å²) in [4.78, 5) is 14.9. The molecule has 18 heavy (non-hydrogen) atoms. The zero-order valence-electron chi connectivity index (χ0n) is 9.12. The van der Waals surface area contributed by atoms with Gasteiger partial charge in [-0.05, 0) is 18.2 Å². The number of aromatic amines is 1. The normalized spacial score (nSPS) is 10.9. The monoisotopic (exact) mass is 243 g/mol. The first-order chi connectivity index (χ1) is 8.65. The number of phenols is 2. The van der Waals surface area contributed by atoms with Crippen molar-refractivity contribution in [1.82, 2.24) is 19.9 Å². The SMILES string of the molecule is Nc1ncnc2nc(-c3cc(O)ccc3O)[nH]c12. The predicted octanol–water partition coefficient (Wildman–Crippen LogP) is 1.01. The van der Waals surface area contributed by atoms with Crippen molar-refractivity contribution in [1.29, 1.82) is 0 Å². The van der Waals surface area contributed by atoms with Gasteiger partial charge in [-0.25, -0.2) is 15.0 Å². The fourth-order valence-electron chi connectivity index (χ4n) is 1.69. The van der Waals surface area contributed by atoms with Gasteiger partial charge in [0.15, 0.2) is 11.5 Å². The summed E-state index contributed by atoms with van der Waals surface area (Å²) in [5.41, 5.74) is 6.95. The summed E-state index contributed by atoms with van der Waals surface area (Å²) in [6.07, 6.45) is 1.31. The maximum Gasteiger partial charge on any atom is 0.183 e. The van der Waals surface area contributed by atoms with E-state index in [4.69, 9.17) is 5.73 Å². The van der Waals surface area contributed by atoms with Crippen molar-refractivity contribution in [2.45, 2.75) is 0 Å². The first-order valence-electron chi connectivity index (χ1n) is 5.13. The van der Waals surface area contributed by atoms with E-state index in [1.807, 2.05) is 0 Å². The number of nitrogens with two attached hydrogens (primary N) is 1. The van der Waals surface area contributed by atoms with Crippen LogP contribution in [0.3, 0.4) is 0 Å². The average molecular weight is 243 g/mol. The van der Waals surface area contributed by atoms with Crippen molar-refractivity contribution in [3.8, 4) is 22.9 Å². The third kappa shape index (κ3) is 1.49. The molecule has 5 N–H and O–H groups in total. The van der Waals surface area contributed by atoms with Crippen molar-refractivity contribution in [3.05, 3.63) is 24.5 Å². The molecule has 7 nitrogen and oxygen atoms in total. The Bertz CT molecular complexity index is 737. The van der Waals surface area contributed by atoms with Crippen LogP contribution in [0, 0.1) is 0 Å². The van der Waals surface area contributed by atoms with Gasteiger partial charge in [0, 0.05) is 0 Å². The van der Waals surface area contributed by atoms with Crippen LogP contribution in [0.25, 0.3) is 22.6 Å². The maximum absolute atomic E-state index is 9.74. The van der Waals surface area contributed by atoms with Crippen LogP contribution < -0.4 is 5.73 Å². The molecule has 0 aliphatic carbocycles. The largest absolute Gasteiger partial charge is 0.508 e. The molecular formula is C11H9N5O2. The van der Waals surface area contributed by atoms with Gasteiger partial charge in [0.1, 0.15) is 29.2 Å². The topological polar surface area (TPSA) is 121 Å². The molecular weight excluding hydrogens is 234 g/mol. The second-order valence-corrected chi connectivity index (χ2v) is 3.74. The lowest BCUT2D eigenvalue weighted by Gasteiger charge is -2.01. The smallest absolute Gasteiger partial charge is 0.183 e. The number of hydrogen-bond acceptors (Lipinski definition) is 6. The third-order valence-electron chi connectivity index (χ3n) is 2.55. The molecule has 0 saturated carbocycles. The third-order valence-corrected chi connectivity index (χ3v) is 2.55. The zero-order chi connectivity index (χ0) is 12.7. The van der Waals surface area contributed by atoms with E-state index in [0.717, 1.165) is 0 Å². The number of benzene rings is 1. The zero-order valence-corrected chi connectivity index (χ0v) is 9.12. The quantitative estimate of drug-likeness (QED) is 0.473. The van der Waals surface area contributed by atoms with E-state index in [-0.39, 0.29) is 17.3 Å². The molecule has 0 amide bonds. The first-order valence-corrected chi connectivity index (χ1v) is 5.13. The van der Waals surface area contributed by atoms with E-state index in [9.17, 15) is 10.2 Å². The minimum Gasteiger partial charge on any atom is -0.508 e. The molecule has 0 fully saturated rings. The molecule has 3 aromatic rings. The first kappa shape index (κ1) is 10.3. The molecule has 90 valence electrons. The Morgan fingerprint density at radius 2 is 2.00 bits per heavy atom. The van der Waals surface area contributed by atoms with Crippen LogP contribution in [0.2, 0.25) is 0 Å². The molecule has 0 aliphatic heterocycles. The highest BCUT2D eigenvalue weighted by Crippen LogP contribution is 2.31. The van der Waals surface area contributed by atoms with E-state index in [0.29, 0.717) is 22.6 Å². The number of fused-ring (bicyclic) bond motifs is 1. The minimum absolute atomic E-state index is 0.00149. The minimum atomic E-state index is -0.00149. The van der Waals surface area contributed by atoms with Gasteiger partial charge in [-0.3, -0.25) is 0 Å². The Morgan fingerprint density at radius 1 is 1.17 bits per heavy atom. The lowest BCUT2D eigenvalue weighted by Crippen LogP contribution is -1.91. The maximum atomic E-state index is 9.74. The number of nitrogens with one attached hydrogen (secondary N) is 1. The predicted molar refractivity (Wildman–Crippen MR) is 64.9 cm³/mol. The molecule has 0 bridgehead atoms. The summed E-state index contributed by atoms with van der Waals surface area (Å²) in [6.45, 7) is 0. The molecule has 0 aliphatic rings. The number of phenolic OH excluding ortho intramolecular Hbond substituents is 2. The number of anilines is 1. The molecule has 0 radical (unpaired) electrons. The van der Waals surface area contributed by atoms with Crippen LogP contribution in [-0.2, 0) is 0 Å².